The van der Waals surface area contributed by atoms with Crippen molar-refractivity contribution in [3.8, 4) is 0 Å². The Morgan fingerprint density at radius 1 is 1.50 bits per heavy atom. The predicted octanol–water partition coefficient (Wildman–Crippen LogP) is 1.04. The molecule has 14 heavy (non-hydrogen) atoms. The third-order valence-electron chi connectivity index (χ3n) is 2.23. The first-order valence-corrected chi connectivity index (χ1v) is 4.65. The van der Waals surface area contributed by atoms with E-state index in [0.717, 1.165) is 22.4 Å². The molecule has 1 aromatic carbocycles. The van der Waals surface area contributed by atoms with Crippen molar-refractivity contribution in [2.45, 2.75) is 19.5 Å². The average molecular weight is 190 g/mol. The molecular weight excluding hydrogens is 176 g/mol. The van der Waals surface area contributed by atoms with Crippen molar-refractivity contribution in [2.24, 2.45) is 11.5 Å². The molecule has 2 aromatic rings. The maximum atomic E-state index is 5.73. The molecule has 4 heteroatoms. The maximum absolute atomic E-state index is 5.73. The summed E-state index contributed by atoms with van der Waals surface area (Å²) in [5.74, 6) is 0.814. The van der Waals surface area contributed by atoms with Gasteiger partial charge in [0.2, 0.25) is 0 Å². The number of nitrogens with two attached hydrogens (primary N) is 2. The molecule has 74 valence electrons. The zero-order chi connectivity index (χ0) is 10.1. The number of fused-ring (bicyclic) bond motifs is 1. The lowest BCUT2D eigenvalue weighted by Crippen LogP contribution is -2.06. The van der Waals surface area contributed by atoms with E-state index in [2.05, 4.69) is 9.97 Å². The topological polar surface area (TPSA) is 80.7 Å². The molecule has 0 fully saturated rings. The summed E-state index contributed by atoms with van der Waals surface area (Å²) in [7, 11) is 0. The number of aromatic nitrogens is 2. The molecule has 0 bridgehead atoms. The van der Waals surface area contributed by atoms with Crippen LogP contribution in [0, 0.1) is 0 Å². The van der Waals surface area contributed by atoms with Crippen LogP contribution in [0.2, 0.25) is 0 Å². The van der Waals surface area contributed by atoms with Crippen LogP contribution in [0.3, 0.4) is 0 Å². The van der Waals surface area contributed by atoms with Crippen LogP contribution in [0.1, 0.15) is 24.4 Å². The normalized spacial score (nSPS) is 13.4. The number of aromatic amines is 1. The van der Waals surface area contributed by atoms with Crippen molar-refractivity contribution >= 4 is 11.0 Å². The summed E-state index contributed by atoms with van der Waals surface area (Å²) >= 11 is 0. The number of imidazole rings is 1. The van der Waals surface area contributed by atoms with Crippen molar-refractivity contribution in [2.75, 3.05) is 0 Å². The van der Waals surface area contributed by atoms with Crippen LogP contribution in [-0.4, -0.2) is 9.97 Å². The molecule has 1 aromatic heterocycles. The molecule has 0 amide bonds. The lowest BCUT2D eigenvalue weighted by Gasteiger charge is -1.96. The Morgan fingerprint density at radius 3 is 2.93 bits per heavy atom. The van der Waals surface area contributed by atoms with Crippen LogP contribution in [0.5, 0.6) is 0 Å². The van der Waals surface area contributed by atoms with Gasteiger partial charge in [-0.15, -0.1) is 0 Å². The molecule has 0 aliphatic heterocycles. The highest BCUT2D eigenvalue weighted by Gasteiger charge is 2.06. The van der Waals surface area contributed by atoms with E-state index in [4.69, 9.17) is 11.5 Å². The van der Waals surface area contributed by atoms with Gasteiger partial charge in [0.1, 0.15) is 5.82 Å². The molecule has 2 rings (SSSR count). The zero-order valence-electron chi connectivity index (χ0n) is 8.12. The van der Waals surface area contributed by atoms with Gasteiger partial charge in [0.05, 0.1) is 17.1 Å². The summed E-state index contributed by atoms with van der Waals surface area (Å²) < 4.78 is 0. The summed E-state index contributed by atoms with van der Waals surface area (Å²) in [4.78, 5) is 7.54. The predicted molar refractivity (Wildman–Crippen MR) is 56.6 cm³/mol. The number of nitrogens with zero attached hydrogens (tertiary/aromatic N) is 1. The highest BCUT2D eigenvalue weighted by atomic mass is 15.0. The summed E-state index contributed by atoms with van der Waals surface area (Å²) in [6, 6.07) is 5.88. The molecule has 0 saturated heterocycles. The minimum Gasteiger partial charge on any atom is -0.341 e. The molecule has 1 unspecified atom stereocenters. The lowest BCUT2D eigenvalue weighted by atomic mass is 10.2. The van der Waals surface area contributed by atoms with E-state index >= 15 is 0 Å². The first-order valence-electron chi connectivity index (χ1n) is 4.65. The molecular formula is C10H14N4. The summed E-state index contributed by atoms with van der Waals surface area (Å²) in [5.41, 5.74) is 14.3. The Balaban J connectivity index is 2.54. The van der Waals surface area contributed by atoms with E-state index in [1.165, 1.54) is 0 Å². The number of nitrogens with one attached hydrogen (secondary N) is 1. The van der Waals surface area contributed by atoms with Gasteiger partial charge in [0, 0.05) is 6.54 Å². The first-order chi connectivity index (χ1) is 6.70. The largest absolute Gasteiger partial charge is 0.341 e. The lowest BCUT2D eigenvalue weighted by molar-refractivity contribution is 0.760. The van der Waals surface area contributed by atoms with Crippen LogP contribution in [0.25, 0.3) is 11.0 Å². The quantitative estimate of drug-likeness (QED) is 0.662. The van der Waals surface area contributed by atoms with Crippen molar-refractivity contribution in [1.29, 1.82) is 0 Å². The molecule has 0 saturated carbocycles. The number of rotatable bonds is 2. The second kappa shape index (κ2) is 3.40. The second-order valence-electron chi connectivity index (χ2n) is 3.47. The highest BCUT2D eigenvalue weighted by molar-refractivity contribution is 5.75. The SMILES string of the molecule is CC(N)c1nc2ccc(CN)cc2[nH]1. The molecule has 1 heterocycles. The zero-order valence-corrected chi connectivity index (χ0v) is 8.12. The summed E-state index contributed by atoms with van der Waals surface area (Å²) in [5, 5.41) is 0. The fourth-order valence-electron chi connectivity index (χ4n) is 1.42. The number of benzene rings is 1. The Bertz CT molecular complexity index is 444. The molecule has 4 nitrogen and oxygen atoms in total. The van der Waals surface area contributed by atoms with Crippen molar-refractivity contribution in [1.82, 2.24) is 9.97 Å². The van der Waals surface area contributed by atoms with Crippen molar-refractivity contribution in [3.63, 3.8) is 0 Å². The van der Waals surface area contributed by atoms with E-state index in [9.17, 15) is 0 Å². The van der Waals surface area contributed by atoms with Gasteiger partial charge >= 0.3 is 0 Å². The van der Waals surface area contributed by atoms with Gasteiger partial charge in [-0.05, 0) is 24.6 Å². The minimum absolute atomic E-state index is 0.0660. The fourth-order valence-corrected chi connectivity index (χ4v) is 1.42. The average Bonchev–Trinajstić information content (AvgIpc) is 2.59. The Morgan fingerprint density at radius 2 is 2.29 bits per heavy atom. The Labute approximate surface area is 82.3 Å². The van der Waals surface area contributed by atoms with Gasteiger partial charge in [0.25, 0.3) is 0 Å². The number of H-pyrrole nitrogens is 1. The Hall–Kier alpha value is -1.39. The molecule has 5 N–H and O–H groups in total. The van der Waals surface area contributed by atoms with Gasteiger partial charge in [-0.1, -0.05) is 6.07 Å². The van der Waals surface area contributed by atoms with Gasteiger partial charge < -0.3 is 16.5 Å². The molecule has 0 spiro atoms. The van der Waals surface area contributed by atoms with Crippen LogP contribution >= 0.6 is 0 Å². The summed E-state index contributed by atoms with van der Waals surface area (Å²) in [6.07, 6.45) is 0. The maximum Gasteiger partial charge on any atom is 0.123 e. The third kappa shape index (κ3) is 1.49. The van der Waals surface area contributed by atoms with E-state index < -0.39 is 0 Å². The smallest absolute Gasteiger partial charge is 0.123 e. The second-order valence-corrected chi connectivity index (χ2v) is 3.47. The van der Waals surface area contributed by atoms with E-state index in [1.54, 1.807) is 0 Å². The number of hydrogen-bond acceptors (Lipinski definition) is 3. The van der Waals surface area contributed by atoms with Crippen molar-refractivity contribution < 1.29 is 0 Å². The first kappa shape index (κ1) is 9.18. The number of hydrogen-bond donors (Lipinski definition) is 3. The fraction of sp³-hybridized carbons (Fsp3) is 0.300. The van der Waals surface area contributed by atoms with E-state index in [0.29, 0.717) is 6.54 Å². The van der Waals surface area contributed by atoms with Gasteiger partial charge in [-0.3, -0.25) is 0 Å². The highest BCUT2D eigenvalue weighted by Crippen LogP contribution is 2.15. The van der Waals surface area contributed by atoms with Crippen LogP contribution in [0.15, 0.2) is 18.2 Å². The van der Waals surface area contributed by atoms with E-state index in [-0.39, 0.29) is 6.04 Å². The summed E-state index contributed by atoms with van der Waals surface area (Å²) in [6.45, 7) is 2.45. The molecule has 1 atom stereocenters. The molecule has 0 aliphatic carbocycles. The van der Waals surface area contributed by atoms with Gasteiger partial charge in [0.15, 0.2) is 0 Å². The monoisotopic (exact) mass is 190 g/mol. The van der Waals surface area contributed by atoms with Crippen LogP contribution in [0.4, 0.5) is 0 Å². The minimum atomic E-state index is -0.0660. The third-order valence-corrected chi connectivity index (χ3v) is 2.23. The van der Waals surface area contributed by atoms with Crippen LogP contribution in [-0.2, 0) is 6.54 Å². The van der Waals surface area contributed by atoms with Crippen molar-refractivity contribution in [3.05, 3.63) is 29.6 Å². The van der Waals surface area contributed by atoms with Crippen LogP contribution < -0.4 is 11.5 Å². The van der Waals surface area contributed by atoms with E-state index in [1.807, 2.05) is 25.1 Å². The molecule has 0 aliphatic rings. The van der Waals surface area contributed by atoms with Gasteiger partial charge in [-0.25, -0.2) is 4.98 Å². The Kier molecular flexibility index (Phi) is 2.23. The standard InChI is InChI=1S/C10H14N4/c1-6(12)10-13-8-3-2-7(5-11)4-9(8)14-10/h2-4,6H,5,11-12H2,1H3,(H,13,14). The van der Waals surface area contributed by atoms with Gasteiger partial charge in [-0.2, -0.15) is 0 Å². The molecule has 0 radical (unpaired) electrons.